The van der Waals surface area contributed by atoms with Gasteiger partial charge >= 0.3 is 0 Å². The summed E-state index contributed by atoms with van der Waals surface area (Å²) in [6.45, 7) is 6.71. The third-order valence-electron chi connectivity index (χ3n) is 3.63. The molecule has 1 aromatic carbocycles. The fraction of sp³-hybridized carbons (Fsp3) is 0.375. The molecule has 0 fully saturated rings. The van der Waals surface area contributed by atoms with Crippen LogP contribution in [0.25, 0.3) is 0 Å². The zero-order valence-corrected chi connectivity index (χ0v) is 13.2. The van der Waals surface area contributed by atoms with Gasteiger partial charge < -0.3 is 10.2 Å². The van der Waals surface area contributed by atoms with Gasteiger partial charge in [-0.3, -0.25) is 9.89 Å². The van der Waals surface area contributed by atoms with Crippen molar-refractivity contribution >= 4 is 11.6 Å². The molecule has 0 bridgehead atoms. The molecule has 112 valence electrons. The number of hydrogen-bond acceptors (Lipinski definition) is 3. The van der Waals surface area contributed by atoms with E-state index in [1.807, 2.05) is 39.0 Å². The number of benzene rings is 1. The number of nitrogens with zero attached hydrogens (tertiary/aromatic N) is 2. The first-order chi connectivity index (χ1) is 9.90. The second kappa shape index (κ2) is 5.99. The summed E-state index contributed by atoms with van der Waals surface area (Å²) < 4.78 is 0. The number of aromatic nitrogens is 2. The predicted molar refractivity (Wildman–Crippen MR) is 84.6 cm³/mol. The van der Waals surface area contributed by atoms with Crippen LogP contribution in [-0.4, -0.2) is 35.1 Å². The van der Waals surface area contributed by atoms with Crippen molar-refractivity contribution in [3.8, 4) is 0 Å². The Morgan fingerprint density at radius 3 is 2.57 bits per heavy atom. The van der Waals surface area contributed by atoms with Crippen molar-refractivity contribution in [2.45, 2.75) is 27.3 Å². The number of anilines is 1. The Balaban J connectivity index is 2.20. The fourth-order valence-electron chi connectivity index (χ4n) is 2.22. The van der Waals surface area contributed by atoms with Crippen LogP contribution in [-0.2, 0) is 6.54 Å². The maximum atomic E-state index is 12.0. The first-order valence-corrected chi connectivity index (χ1v) is 6.96. The molecule has 1 amide bonds. The maximum absolute atomic E-state index is 12.0. The summed E-state index contributed by atoms with van der Waals surface area (Å²) in [6, 6.07) is 5.73. The van der Waals surface area contributed by atoms with E-state index in [2.05, 4.69) is 15.5 Å². The largest absolute Gasteiger partial charge is 0.381 e. The van der Waals surface area contributed by atoms with Crippen molar-refractivity contribution < 1.29 is 4.79 Å². The van der Waals surface area contributed by atoms with Crippen LogP contribution in [0, 0.1) is 20.8 Å². The first-order valence-electron chi connectivity index (χ1n) is 6.96. The van der Waals surface area contributed by atoms with Crippen LogP contribution in [0.1, 0.15) is 32.9 Å². The standard InChI is InChI=1S/C16H22N4O/c1-10-6-7-13(16(21)20(4)5)8-15(10)17-9-14-11(2)18-19-12(14)3/h6-8,17H,9H2,1-5H3,(H,18,19). The van der Waals surface area contributed by atoms with E-state index < -0.39 is 0 Å². The minimum Gasteiger partial charge on any atom is -0.381 e. The molecule has 0 aliphatic carbocycles. The second-order valence-electron chi connectivity index (χ2n) is 5.50. The van der Waals surface area contributed by atoms with Gasteiger partial charge in [0.1, 0.15) is 0 Å². The summed E-state index contributed by atoms with van der Waals surface area (Å²) in [6.07, 6.45) is 0. The van der Waals surface area contributed by atoms with Gasteiger partial charge in [0, 0.05) is 43.1 Å². The molecule has 0 saturated carbocycles. The van der Waals surface area contributed by atoms with E-state index in [1.54, 1.807) is 19.0 Å². The monoisotopic (exact) mass is 286 g/mol. The predicted octanol–water partition coefficient (Wildman–Crippen LogP) is 2.65. The minimum absolute atomic E-state index is 0.00808. The van der Waals surface area contributed by atoms with E-state index in [9.17, 15) is 4.79 Å². The fourth-order valence-corrected chi connectivity index (χ4v) is 2.22. The topological polar surface area (TPSA) is 61.0 Å². The Morgan fingerprint density at radius 2 is 2.00 bits per heavy atom. The lowest BCUT2D eigenvalue weighted by Gasteiger charge is -2.14. The third-order valence-corrected chi connectivity index (χ3v) is 3.63. The normalized spacial score (nSPS) is 10.5. The number of aromatic amines is 1. The van der Waals surface area contributed by atoms with Gasteiger partial charge in [-0.15, -0.1) is 0 Å². The van der Waals surface area contributed by atoms with Gasteiger partial charge in [-0.2, -0.15) is 5.10 Å². The Hall–Kier alpha value is -2.30. The molecule has 0 spiro atoms. The van der Waals surface area contributed by atoms with Crippen molar-refractivity contribution in [1.29, 1.82) is 0 Å². The third kappa shape index (κ3) is 3.24. The zero-order valence-electron chi connectivity index (χ0n) is 13.2. The van der Waals surface area contributed by atoms with Crippen LogP contribution in [0.2, 0.25) is 0 Å². The Morgan fingerprint density at radius 1 is 1.29 bits per heavy atom. The summed E-state index contributed by atoms with van der Waals surface area (Å²) in [5.74, 6) is 0.00808. The lowest BCUT2D eigenvalue weighted by Crippen LogP contribution is -2.21. The maximum Gasteiger partial charge on any atom is 0.253 e. The van der Waals surface area contributed by atoms with Crippen molar-refractivity contribution in [3.63, 3.8) is 0 Å². The SMILES string of the molecule is Cc1ccc(C(=O)N(C)C)cc1NCc1c(C)n[nH]c1C. The second-order valence-corrected chi connectivity index (χ2v) is 5.50. The van der Waals surface area contributed by atoms with Crippen LogP contribution in [0.15, 0.2) is 18.2 Å². The number of carbonyl (C=O) groups excluding carboxylic acids is 1. The van der Waals surface area contributed by atoms with Gasteiger partial charge in [0.25, 0.3) is 5.91 Å². The summed E-state index contributed by atoms with van der Waals surface area (Å²) in [5, 5.41) is 10.6. The van der Waals surface area contributed by atoms with Crippen molar-refractivity contribution in [2.75, 3.05) is 19.4 Å². The lowest BCUT2D eigenvalue weighted by atomic mass is 10.1. The van der Waals surface area contributed by atoms with Crippen LogP contribution < -0.4 is 5.32 Å². The van der Waals surface area contributed by atoms with E-state index in [-0.39, 0.29) is 5.91 Å². The van der Waals surface area contributed by atoms with Gasteiger partial charge in [0.05, 0.1) is 5.69 Å². The molecule has 5 nitrogen and oxygen atoms in total. The highest BCUT2D eigenvalue weighted by Crippen LogP contribution is 2.20. The molecule has 21 heavy (non-hydrogen) atoms. The van der Waals surface area contributed by atoms with E-state index in [4.69, 9.17) is 0 Å². The van der Waals surface area contributed by atoms with Gasteiger partial charge in [-0.05, 0) is 38.5 Å². The van der Waals surface area contributed by atoms with Crippen LogP contribution >= 0.6 is 0 Å². The lowest BCUT2D eigenvalue weighted by molar-refractivity contribution is 0.0827. The molecule has 1 heterocycles. The molecule has 1 aromatic heterocycles. The highest BCUT2D eigenvalue weighted by atomic mass is 16.2. The highest BCUT2D eigenvalue weighted by Gasteiger charge is 2.11. The molecule has 0 atom stereocenters. The number of nitrogens with one attached hydrogen (secondary N) is 2. The quantitative estimate of drug-likeness (QED) is 0.908. The summed E-state index contributed by atoms with van der Waals surface area (Å²) in [7, 11) is 3.51. The van der Waals surface area contributed by atoms with Gasteiger partial charge in [0.15, 0.2) is 0 Å². The minimum atomic E-state index is 0.00808. The van der Waals surface area contributed by atoms with Gasteiger partial charge in [0.2, 0.25) is 0 Å². The smallest absolute Gasteiger partial charge is 0.253 e. The number of carbonyl (C=O) groups is 1. The summed E-state index contributed by atoms with van der Waals surface area (Å²) >= 11 is 0. The van der Waals surface area contributed by atoms with E-state index in [0.717, 1.165) is 22.6 Å². The zero-order chi connectivity index (χ0) is 15.6. The molecule has 0 aliphatic rings. The van der Waals surface area contributed by atoms with E-state index in [0.29, 0.717) is 12.1 Å². The highest BCUT2D eigenvalue weighted by molar-refractivity contribution is 5.95. The average molecular weight is 286 g/mol. The molecular weight excluding hydrogens is 264 g/mol. The van der Waals surface area contributed by atoms with Crippen LogP contribution in [0.5, 0.6) is 0 Å². The number of H-pyrrole nitrogens is 1. The molecule has 0 unspecified atom stereocenters. The molecule has 2 rings (SSSR count). The molecule has 2 aromatic rings. The van der Waals surface area contributed by atoms with Crippen molar-refractivity contribution in [2.24, 2.45) is 0 Å². The van der Waals surface area contributed by atoms with Crippen LogP contribution in [0.3, 0.4) is 0 Å². The average Bonchev–Trinajstić information content (AvgIpc) is 2.76. The molecule has 5 heteroatoms. The van der Waals surface area contributed by atoms with E-state index >= 15 is 0 Å². The molecule has 0 saturated heterocycles. The Kier molecular flexibility index (Phi) is 4.31. The Labute approximate surface area is 125 Å². The van der Waals surface area contributed by atoms with Crippen molar-refractivity contribution in [1.82, 2.24) is 15.1 Å². The first kappa shape index (κ1) is 15.1. The van der Waals surface area contributed by atoms with Gasteiger partial charge in [-0.25, -0.2) is 0 Å². The Bertz CT molecular complexity index is 639. The number of aryl methyl sites for hydroxylation is 3. The van der Waals surface area contributed by atoms with Crippen LogP contribution in [0.4, 0.5) is 5.69 Å². The number of hydrogen-bond donors (Lipinski definition) is 2. The summed E-state index contributed by atoms with van der Waals surface area (Å²) in [5.41, 5.74) is 6.01. The number of amides is 1. The summed E-state index contributed by atoms with van der Waals surface area (Å²) in [4.78, 5) is 13.6. The molecule has 2 N–H and O–H groups in total. The molecule has 0 aliphatic heterocycles. The molecular formula is C16H22N4O. The van der Waals surface area contributed by atoms with E-state index in [1.165, 1.54) is 5.56 Å². The molecule has 0 radical (unpaired) electrons. The van der Waals surface area contributed by atoms with Gasteiger partial charge in [-0.1, -0.05) is 6.07 Å². The van der Waals surface area contributed by atoms with Crippen molar-refractivity contribution in [3.05, 3.63) is 46.3 Å². The number of rotatable bonds is 4.